The second kappa shape index (κ2) is 13.6. The average Bonchev–Trinajstić information content (AvgIpc) is 3.06. The summed E-state index contributed by atoms with van der Waals surface area (Å²) in [6.45, 7) is 3.91. The van der Waals surface area contributed by atoms with E-state index in [0.29, 0.717) is 25.2 Å². The Labute approximate surface area is 257 Å². The Bertz CT molecular complexity index is 1640. The van der Waals surface area contributed by atoms with Crippen LogP contribution in [0.5, 0.6) is 5.75 Å². The number of piperidine rings is 1. The maximum absolute atomic E-state index is 13.2. The van der Waals surface area contributed by atoms with Gasteiger partial charge in [0, 0.05) is 37.1 Å². The molecule has 0 spiro atoms. The molecule has 4 aromatic carbocycles. The molecule has 6 rings (SSSR count). The van der Waals surface area contributed by atoms with Crippen LogP contribution in [0.25, 0.3) is 10.8 Å². The molecule has 2 aliphatic heterocycles. The van der Waals surface area contributed by atoms with Gasteiger partial charge in [-0.05, 0) is 67.1 Å². The smallest absolute Gasteiger partial charge is 0.319 e. The molecule has 226 valence electrons. The molecule has 44 heavy (non-hydrogen) atoms. The monoisotopic (exact) mass is 591 g/mol. The van der Waals surface area contributed by atoms with Crippen molar-refractivity contribution in [3.63, 3.8) is 0 Å². The Morgan fingerprint density at radius 2 is 1.52 bits per heavy atom. The van der Waals surface area contributed by atoms with Crippen molar-refractivity contribution < 1.29 is 19.1 Å². The number of nitrogens with zero attached hydrogens (tertiary/aromatic N) is 2. The molecule has 1 saturated heterocycles. The highest BCUT2D eigenvalue weighted by molar-refractivity contribution is 6.01. The van der Waals surface area contributed by atoms with Crippen molar-refractivity contribution in [1.29, 1.82) is 0 Å². The molecule has 0 saturated carbocycles. The summed E-state index contributed by atoms with van der Waals surface area (Å²) >= 11 is 0. The lowest BCUT2D eigenvalue weighted by atomic mass is 9.86. The molecule has 0 aromatic heterocycles. The molecule has 0 bridgehead atoms. The standard InChI is InChI=1S/C35H37N5O4/c41-33-24-44-32-15-6-5-14-31(32)40(33)23-22-39-20-16-26(17-21-39)27-10-3-4-12-29(27)34(42)36-18-19-37-35(43)38-30-13-7-9-25-8-1-2-11-28(25)30/h1-15,26H,16-24H2,(H,36,42)(H2,37,38,43). The summed E-state index contributed by atoms with van der Waals surface area (Å²) in [4.78, 5) is 42.4. The molecule has 2 aliphatic rings. The molecule has 2 heterocycles. The molecule has 0 atom stereocenters. The van der Waals surface area contributed by atoms with Crippen LogP contribution in [0, 0.1) is 0 Å². The van der Waals surface area contributed by atoms with Crippen LogP contribution in [0.4, 0.5) is 16.2 Å². The maximum Gasteiger partial charge on any atom is 0.319 e. The number of fused-ring (bicyclic) bond motifs is 2. The number of amides is 4. The van der Waals surface area contributed by atoms with Crippen molar-refractivity contribution in [3.8, 4) is 5.75 Å². The van der Waals surface area contributed by atoms with E-state index in [4.69, 9.17) is 4.74 Å². The molecule has 4 amide bonds. The highest BCUT2D eigenvalue weighted by Crippen LogP contribution is 2.33. The average molecular weight is 592 g/mol. The number of carbonyl (C=O) groups is 3. The summed E-state index contributed by atoms with van der Waals surface area (Å²) in [5, 5.41) is 10.7. The number of rotatable bonds is 9. The van der Waals surface area contributed by atoms with Crippen molar-refractivity contribution in [1.82, 2.24) is 15.5 Å². The third-order valence-corrected chi connectivity index (χ3v) is 8.41. The first kappa shape index (κ1) is 29.2. The van der Waals surface area contributed by atoms with Crippen LogP contribution in [0.15, 0.2) is 91.0 Å². The summed E-state index contributed by atoms with van der Waals surface area (Å²) in [6, 6.07) is 28.8. The van der Waals surface area contributed by atoms with Gasteiger partial charge in [0.1, 0.15) is 5.75 Å². The third-order valence-electron chi connectivity index (χ3n) is 8.41. The summed E-state index contributed by atoms with van der Waals surface area (Å²) in [7, 11) is 0. The first-order chi connectivity index (χ1) is 21.6. The minimum atomic E-state index is -0.315. The lowest BCUT2D eigenvalue weighted by molar-refractivity contribution is -0.121. The summed E-state index contributed by atoms with van der Waals surface area (Å²) in [6.07, 6.45) is 1.88. The zero-order valence-corrected chi connectivity index (χ0v) is 24.6. The van der Waals surface area contributed by atoms with Gasteiger partial charge in [-0.25, -0.2) is 4.79 Å². The van der Waals surface area contributed by atoms with Gasteiger partial charge in [-0.15, -0.1) is 0 Å². The summed E-state index contributed by atoms with van der Waals surface area (Å²) < 4.78 is 5.57. The van der Waals surface area contributed by atoms with E-state index >= 15 is 0 Å². The van der Waals surface area contributed by atoms with Crippen LogP contribution >= 0.6 is 0 Å². The van der Waals surface area contributed by atoms with Crippen LogP contribution in [-0.2, 0) is 4.79 Å². The van der Waals surface area contributed by atoms with Crippen molar-refractivity contribution in [2.75, 3.05) is 56.1 Å². The van der Waals surface area contributed by atoms with E-state index in [9.17, 15) is 14.4 Å². The van der Waals surface area contributed by atoms with E-state index in [1.165, 1.54) is 0 Å². The fourth-order valence-electron chi connectivity index (χ4n) is 6.12. The predicted octanol–water partition coefficient (Wildman–Crippen LogP) is 5.00. The van der Waals surface area contributed by atoms with Gasteiger partial charge < -0.3 is 30.5 Å². The fourth-order valence-corrected chi connectivity index (χ4v) is 6.12. The number of urea groups is 1. The first-order valence-corrected chi connectivity index (χ1v) is 15.2. The van der Waals surface area contributed by atoms with Crippen molar-refractivity contribution in [2.24, 2.45) is 0 Å². The number of benzene rings is 4. The molecule has 9 nitrogen and oxygen atoms in total. The van der Waals surface area contributed by atoms with Gasteiger partial charge in [0.15, 0.2) is 6.61 Å². The number of hydrogen-bond acceptors (Lipinski definition) is 5. The highest BCUT2D eigenvalue weighted by atomic mass is 16.5. The van der Waals surface area contributed by atoms with Gasteiger partial charge in [0.25, 0.3) is 11.8 Å². The molecule has 0 radical (unpaired) electrons. The van der Waals surface area contributed by atoms with Gasteiger partial charge in [0.05, 0.1) is 11.4 Å². The summed E-state index contributed by atoms with van der Waals surface area (Å²) in [5.41, 5.74) is 3.31. The third kappa shape index (κ3) is 6.68. The van der Waals surface area contributed by atoms with E-state index in [0.717, 1.165) is 65.9 Å². The Balaban J connectivity index is 0.966. The van der Waals surface area contributed by atoms with E-state index in [-0.39, 0.29) is 30.4 Å². The Kier molecular flexibility index (Phi) is 9.03. The number of para-hydroxylation sites is 2. The molecule has 0 unspecified atom stereocenters. The van der Waals surface area contributed by atoms with Crippen molar-refractivity contribution in [3.05, 3.63) is 102 Å². The minimum Gasteiger partial charge on any atom is -0.482 e. The SMILES string of the molecule is O=C(NCCNC(=O)c1ccccc1C1CCN(CCN2C(=O)COc3ccccc32)CC1)Nc1cccc2ccccc12. The van der Waals surface area contributed by atoms with Gasteiger partial charge in [-0.1, -0.05) is 66.7 Å². The summed E-state index contributed by atoms with van der Waals surface area (Å²) in [5.74, 6) is 0.882. The zero-order valence-electron chi connectivity index (χ0n) is 24.6. The molecule has 9 heteroatoms. The lowest BCUT2D eigenvalue weighted by Crippen LogP contribution is -2.45. The number of hydrogen-bond donors (Lipinski definition) is 3. The molecule has 1 fully saturated rings. The highest BCUT2D eigenvalue weighted by Gasteiger charge is 2.28. The van der Waals surface area contributed by atoms with Crippen LogP contribution in [0.3, 0.4) is 0 Å². The normalized spacial score (nSPS) is 15.4. The number of nitrogens with one attached hydrogen (secondary N) is 3. The predicted molar refractivity (Wildman–Crippen MR) is 172 cm³/mol. The van der Waals surface area contributed by atoms with Gasteiger partial charge >= 0.3 is 6.03 Å². The Hall–Kier alpha value is -4.89. The van der Waals surface area contributed by atoms with E-state index in [2.05, 4.69) is 26.9 Å². The second-order valence-corrected chi connectivity index (χ2v) is 11.2. The minimum absolute atomic E-state index is 0.0147. The van der Waals surface area contributed by atoms with Crippen LogP contribution in [0.2, 0.25) is 0 Å². The molecular weight excluding hydrogens is 554 g/mol. The number of carbonyl (C=O) groups excluding carboxylic acids is 3. The van der Waals surface area contributed by atoms with Crippen molar-refractivity contribution >= 4 is 40.0 Å². The number of ether oxygens (including phenoxy) is 1. The van der Waals surface area contributed by atoms with Crippen LogP contribution in [0.1, 0.15) is 34.7 Å². The molecular formula is C35H37N5O4. The second-order valence-electron chi connectivity index (χ2n) is 11.2. The molecule has 0 aliphatic carbocycles. The van der Waals surface area contributed by atoms with Gasteiger partial charge in [-0.2, -0.15) is 0 Å². The topological polar surface area (TPSA) is 103 Å². The Morgan fingerprint density at radius 3 is 2.41 bits per heavy atom. The molecule has 4 aromatic rings. The van der Waals surface area contributed by atoms with Crippen LogP contribution < -0.4 is 25.6 Å². The largest absolute Gasteiger partial charge is 0.482 e. The number of anilines is 2. The number of likely N-dealkylation sites (tertiary alicyclic amines) is 1. The van der Waals surface area contributed by atoms with Crippen molar-refractivity contribution in [2.45, 2.75) is 18.8 Å². The lowest BCUT2D eigenvalue weighted by Gasteiger charge is -2.35. The van der Waals surface area contributed by atoms with Gasteiger partial charge in [0.2, 0.25) is 0 Å². The maximum atomic E-state index is 13.2. The Morgan fingerprint density at radius 1 is 0.795 bits per heavy atom. The van der Waals surface area contributed by atoms with E-state index < -0.39 is 0 Å². The molecule has 3 N–H and O–H groups in total. The quantitative estimate of drug-likeness (QED) is 0.238. The van der Waals surface area contributed by atoms with E-state index in [1.807, 2.05) is 89.8 Å². The first-order valence-electron chi connectivity index (χ1n) is 15.2. The fraction of sp³-hybridized carbons (Fsp3) is 0.286. The zero-order chi connectivity index (χ0) is 30.3. The van der Waals surface area contributed by atoms with Crippen LogP contribution in [-0.4, -0.2) is 68.6 Å². The van der Waals surface area contributed by atoms with Gasteiger partial charge in [-0.3, -0.25) is 9.59 Å². The van der Waals surface area contributed by atoms with E-state index in [1.54, 1.807) is 0 Å².